The molecule has 0 unspecified atom stereocenters. The van der Waals surface area contributed by atoms with Crippen LogP contribution in [0.3, 0.4) is 0 Å². The molecule has 4 atom stereocenters. The fraction of sp³-hybridized carbons (Fsp3) is 0.375. The number of nitrogens with zero attached hydrogens (tertiary/aromatic N) is 2. The zero-order valence-electron chi connectivity index (χ0n) is 12.9. The molecule has 1 aliphatic heterocycles. The highest BCUT2D eigenvalue weighted by molar-refractivity contribution is 7.99. The second-order valence-corrected chi connectivity index (χ2v) is 6.49. The van der Waals surface area contributed by atoms with E-state index >= 15 is 0 Å². The van der Waals surface area contributed by atoms with Gasteiger partial charge in [0.25, 0.3) is 0 Å². The molecule has 0 amide bonds. The number of benzene rings is 1. The van der Waals surface area contributed by atoms with Crippen molar-refractivity contribution in [3.05, 3.63) is 36.7 Å². The Morgan fingerprint density at radius 2 is 1.83 bits per heavy atom. The zero-order chi connectivity index (χ0) is 17.1. The Morgan fingerprint density at radius 3 is 2.54 bits per heavy atom. The molecule has 3 N–H and O–H groups in total. The number of rotatable bonds is 4. The third-order valence-electron chi connectivity index (χ3n) is 3.68. The third-order valence-corrected chi connectivity index (χ3v) is 4.92. The van der Waals surface area contributed by atoms with Crippen LogP contribution in [-0.2, 0) is 0 Å². The molecule has 1 aromatic carbocycles. The second kappa shape index (κ2) is 7.35. The molecule has 8 heteroatoms. The van der Waals surface area contributed by atoms with Gasteiger partial charge >= 0.3 is 6.01 Å². The first-order valence-corrected chi connectivity index (χ1v) is 8.42. The van der Waals surface area contributed by atoms with Crippen molar-refractivity contribution in [1.29, 1.82) is 0 Å². The van der Waals surface area contributed by atoms with Gasteiger partial charge in [-0.3, -0.25) is 0 Å². The van der Waals surface area contributed by atoms with Gasteiger partial charge in [0.2, 0.25) is 0 Å². The average Bonchev–Trinajstić information content (AvgIpc) is 2.62. The first-order chi connectivity index (χ1) is 11.6. The largest absolute Gasteiger partial charge is 0.477 e. The van der Waals surface area contributed by atoms with Crippen LogP contribution < -0.4 is 9.47 Å². The fourth-order valence-corrected chi connectivity index (χ4v) is 3.46. The third kappa shape index (κ3) is 3.62. The molecule has 0 radical (unpaired) electrons. The van der Waals surface area contributed by atoms with E-state index in [-0.39, 0.29) is 0 Å². The molecular formula is C16H18N2O5S. The summed E-state index contributed by atoms with van der Waals surface area (Å²) in [6.07, 6.45) is -0.0290. The van der Waals surface area contributed by atoms with E-state index in [1.54, 1.807) is 24.5 Å². The van der Waals surface area contributed by atoms with Crippen LogP contribution in [0.2, 0.25) is 0 Å². The summed E-state index contributed by atoms with van der Waals surface area (Å²) in [6, 6.07) is 7.57. The van der Waals surface area contributed by atoms with Gasteiger partial charge in [0, 0.05) is 23.7 Å². The molecule has 1 aromatic heterocycles. The van der Waals surface area contributed by atoms with Gasteiger partial charge in [0.15, 0.2) is 5.44 Å². The van der Waals surface area contributed by atoms with E-state index in [4.69, 9.17) is 9.47 Å². The van der Waals surface area contributed by atoms with Crippen LogP contribution in [0.4, 0.5) is 0 Å². The number of thioether (sulfide) groups is 1. The standard InChI is InChI=1S/C16H18N2O5S/c1-22-16-17-6-10(7-18-16)9-3-2-4-11(5-9)23-15-14(21)13(20)12(19)8-24-15/h2-7,12-15,19-21H,8H2,1H3/t12-,13+,14-,15-/m1/s1. The van der Waals surface area contributed by atoms with Crippen molar-refractivity contribution in [3.8, 4) is 22.9 Å². The van der Waals surface area contributed by atoms with Gasteiger partial charge in [-0.15, -0.1) is 11.8 Å². The van der Waals surface area contributed by atoms with E-state index in [1.165, 1.54) is 18.9 Å². The van der Waals surface area contributed by atoms with Crippen LogP contribution in [-0.4, -0.2) is 61.9 Å². The van der Waals surface area contributed by atoms with Crippen molar-refractivity contribution in [1.82, 2.24) is 9.97 Å². The first-order valence-electron chi connectivity index (χ1n) is 7.37. The van der Waals surface area contributed by atoms with Gasteiger partial charge in [-0.25, -0.2) is 9.97 Å². The van der Waals surface area contributed by atoms with Crippen molar-refractivity contribution < 1.29 is 24.8 Å². The lowest BCUT2D eigenvalue weighted by Crippen LogP contribution is -2.50. The lowest BCUT2D eigenvalue weighted by atomic mass is 10.1. The monoisotopic (exact) mass is 350 g/mol. The number of aromatic nitrogens is 2. The molecule has 3 rings (SSSR count). The Hall–Kier alpha value is -1.87. The molecule has 2 aromatic rings. The molecule has 24 heavy (non-hydrogen) atoms. The molecule has 1 saturated heterocycles. The van der Waals surface area contributed by atoms with E-state index in [0.717, 1.165) is 11.1 Å². The molecule has 0 spiro atoms. The minimum Gasteiger partial charge on any atom is -0.477 e. The first kappa shape index (κ1) is 17.0. The van der Waals surface area contributed by atoms with E-state index in [2.05, 4.69) is 9.97 Å². The molecule has 128 valence electrons. The summed E-state index contributed by atoms with van der Waals surface area (Å²) in [6.45, 7) is 0. The molecule has 1 aliphatic rings. The number of methoxy groups -OCH3 is 1. The molecular weight excluding hydrogens is 332 g/mol. The summed E-state index contributed by atoms with van der Waals surface area (Å²) in [4.78, 5) is 8.14. The van der Waals surface area contributed by atoms with E-state index in [1.807, 2.05) is 12.1 Å². The predicted octanol–water partition coefficient (Wildman–Crippen LogP) is 0.687. The summed E-state index contributed by atoms with van der Waals surface area (Å²) >= 11 is 1.26. The maximum atomic E-state index is 10.0. The predicted molar refractivity (Wildman–Crippen MR) is 88.9 cm³/mol. The minimum absolute atomic E-state index is 0.292. The van der Waals surface area contributed by atoms with Crippen LogP contribution in [0.1, 0.15) is 0 Å². The summed E-state index contributed by atoms with van der Waals surface area (Å²) in [5.41, 5.74) is 1.00. The number of aliphatic hydroxyl groups is 3. The van der Waals surface area contributed by atoms with Crippen LogP contribution in [0.15, 0.2) is 36.7 Å². The highest BCUT2D eigenvalue weighted by Gasteiger charge is 2.38. The van der Waals surface area contributed by atoms with Crippen LogP contribution >= 0.6 is 11.8 Å². The summed E-state index contributed by atoms with van der Waals surface area (Å²) < 4.78 is 10.7. The minimum atomic E-state index is -1.21. The van der Waals surface area contributed by atoms with Gasteiger partial charge in [-0.05, 0) is 17.7 Å². The smallest absolute Gasteiger partial charge is 0.316 e. The number of ether oxygens (including phenoxy) is 2. The average molecular weight is 350 g/mol. The van der Waals surface area contributed by atoms with Crippen molar-refractivity contribution in [2.75, 3.05) is 12.9 Å². The highest BCUT2D eigenvalue weighted by atomic mass is 32.2. The lowest BCUT2D eigenvalue weighted by molar-refractivity contribution is -0.0786. The van der Waals surface area contributed by atoms with Crippen LogP contribution in [0.25, 0.3) is 11.1 Å². The lowest BCUT2D eigenvalue weighted by Gasteiger charge is -2.34. The van der Waals surface area contributed by atoms with E-state index < -0.39 is 23.7 Å². The molecule has 0 saturated carbocycles. The van der Waals surface area contributed by atoms with Gasteiger partial charge in [-0.2, -0.15) is 0 Å². The number of hydrogen-bond acceptors (Lipinski definition) is 8. The normalized spacial score (nSPS) is 26.8. The van der Waals surface area contributed by atoms with Crippen molar-refractivity contribution in [2.45, 2.75) is 23.7 Å². The van der Waals surface area contributed by atoms with Crippen LogP contribution in [0, 0.1) is 0 Å². The summed E-state index contributed by atoms with van der Waals surface area (Å²) in [7, 11) is 1.50. The maximum Gasteiger partial charge on any atom is 0.316 e. The van der Waals surface area contributed by atoms with Gasteiger partial charge in [0.1, 0.15) is 18.0 Å². The van der Waals surface area contributed by atoms with Crippen LogP contribution in [0.5, 0.6) is 11.8 Å². The Bertz CT molecular complexity index is 684. The number of hydrogen-bond donors (Lipinski definition) is 3. The van der Waals surface area contributed by atoms with Gasteiger partial charge in [0.05, 0.1) is 13.2 Å². The summed E-state index contributed by atoms with van der Waals surface area (Å²) in [5, 5.41) is 29.3. The molecule has 0 aliphatic carbocycles. The van der Waals surface area contributed by atoms with Crippen molar-refractivity contribution >= 4 is 11.8 Å². The van der Waals surface area contributed by atoms with Crippen molar-refractivity contribution in [3.63, 3.8) is 0 Å². The quantitative estimate of drug-likeness (QED) is 0.740. The second-order valence-electron chi connectivity index (χ2n) is 5.35. The molecule has 1 fully saturated rings. The van der Waals surface area contributed by atoms with E-state index in [9.17, 15) is 15.3 Å². The van der Waals surface area contributed by atoms with Crippen molar-refractivity contribution in [2.24, 2.45) is 0 Å². The Kier molecular flexibility index (Phi) is 5.20. The zero-order valence-corrected chi connectivity index (χ0v) is 13.8. The highest BCUT2D eigenvalue weighted by Crippen LogP contribution is 2.31. The Balaban J connectivity index is 1.75. The van der Waals surface area contributed by atoms with Gasteiger partial charge in [-0.1, -0.05) is 12.1 Å². The topological polar surface area (TPSA) is 105 Å². The molecule has 2 heterocycles. The summed E-state index contributed by atoms with van der Waals surface area (Å²) in [5.74, 6) is 0.845. The molecule has 0 bridgehead atoms. The number of aliphatic hydroxyl groups excluding tert-OH is 3. The van der Waals surface area contributed by atoms with E-state index in [0.29, 0.717) is 17.5 Å². The van der Waals surface area contributed by atoms with Gasteiger partial charge < -0.3 is 24.8 Å². The Labute approximate surface area is 143 Å². The Morgan fingerprint density at radius 1 is 1.08 bits per heavy atom. The molecule has 7 nitrogen and oxygen atoms in total. The SMILES string of the molecule is COc1ncc(-c2cccc(O[C@@H]3SC[C@@H](O)[C@H](O)[C@H]3O)c2)cn1. The maximum absolute atomic E-state index is 10.0. The fourth-order valence-electron chi connectivity index (χ4n) is 2.34.